The van der Waals surface area contributed by atoms with Gasteiger partial charge < -0.3 is 25.7 Å². The van der Waals surface area contributed by atoms with Crippen LogP contribution in [0, 0.1) is 23.2 Å². The molecule has 2 saturated heterocycles. The maximum absolute atomic E-state index is 13.6. The number of methoxy groups -OCH3 is 1. The molecule has 3 amide bonds. The van der Waals surface area contributed by atoms with Crippen molar-refractivity contribution in [3.63, 3.8) is 0 Å². The van der Waals surface area contributed by atoms with Crippen LogP contribution in [0.25, 0.3) is 10.9 Å². The van der Waals surface area contributed by atoms with E-state index in [2.05, 4.69) is 31.9 Å². The summed E-state index contributed by atoms with van der Waals surface area (Å²) in [7, 11) is 1.58. The fraction of sp³-hybridized carbons (Fsp3) is 0.571. The molecule has 0 saturated carbocycles. The Bertz CT molecular complexity index is 1200. The van der Waals surface area contributed by atoms with Crippen molar-refractivity contribution in [2.24, 2.45) is 11.8 Å². The summed E-state index contributed by atoms with van der Waals surface area (Å²) in [6.07, 6.45) is 3.50. The maximum Gasteiger partial charge on any atom is 0.268 e. The average molecular weight is 523 g/mol. The molecule has 2 fully saturated rings. The molecular formula is C28H38N6O4. The van der Waals surface area contributed by atoms with Crippen LogP contribution in [0.5, 0.6) is 5.75 Å². The third-order valence-corrected chi connectivity index (χ3v) is 7.49. The van der Waals surface area contributed by atoms with Crippen molar-refractivity contribution in [3.8, 4) is 11.8 Å². The molecule has 0 aliphatic carbocycles. The quantitative estimate of drug-likeness (QED) is 0.357. The Hall–Kier alpha value is -3.58. The predicted molar refractivity (Wildman–Crippen MR) is 143 cm³/mol. The molecule has 204 valence electrons. The van der Waals surface area contributed by atoms with Gasteiger partial charge in [0.25, 0.3) is 5.91 Å². The number of likely N-dealkylation sites (tertiary alicyclic amines) is 1. The van der Waals surface area contributed by atoms with Crippen LogP contribution in [0.1, 0.15) is 56.4 Å². The molecule has 0 bridgehead atoms. The molecule has 1 aromatic heterocycles. The number of nitriles is 1. The van der Waals surface area contributed by atoms with Crippen molar-refractivity contribution in [2.75, 3.05) is 26.7 Å². The Morgan fingerprint density at radius 2 is 2.00 bits per heavy atom. The molecule has 4 atom stereocenters. The summed E-state index contributed by atoms with van der Waals surface area (Å²) in [4.78, 5) is 44.4. The number of carbonyl (C=O) groups is 3. The fourth-order valence-electron chi connectivity index (χ4n) is 5.54. The van der Waals surface area contributed by atoms with E-state index < -0.39 is 24.0 Å². The minimum Gasteiger partial charge on any atom is -0.496 e. The summed E-state index contributed by atoms with van der Waals surface area (Å²) < 4.78 is 5.40. The van der Waals surface area contributed by atoms with Crippen LogP contribution in [0.15, 0.2) is 24.3 Å². The average Bonchev–Trinajstić information content (AvgIpc) is 3.65. The Balaban J connectivity index is 1.53. The minimum atomic E-state index is -0.798. The zero-order chi connectivity index (χ0) is 27.2. The number of amides is 3. The molecule has 0 spiro atoms. The molecule has 3 heterocycles. The summed E-state index contributed by atoms with van der Waals surface area (Å²) >= 11 is 0. The highest BCUT2D eigenvalue weighted by Crippen LogP contribution is 2.26. The number of hydrogen-bond acceptors (Lipinski definition) is 6. The molecule has 4 N–H and O–H groups in total. The van der Waals surface area contributed by atoms with Crippen LogP contribution in [0.2, 0.25) is 0 Å². The topological polar surface area (TPSA) is 139 Å². The van der Waals surface area contributed by atoms with E-state index in [1.54, 1.807) is 13.2 Å². The third kappa shape index (κ3) is 6.27. The molecule has 38 heavy (non-hydrogen) atoms. The van der Waals surface area contributed by atoms with Gasteiger partial charge in [0.15, 0.2) is 0 Å². The zero-order valence-electron chi connectivity index (χ0n) is 22.4. The number of nitrogens with zero attached hydrogens (tertiary/aromatic N) is 2. The highest BCUT2D eigenvalue weighted by molar-refractivity contribution is 6.01. The molecule has 1 aromatic carbocycles. The van der Waals surface area contributed by atoms with Gasteiger partial charge >= 0.3 is 0 Å². The molecular weight excluding hydrogens is 484 g/mol. The molecule has 2 aliphatic heterocycles. The van der Waals surface area contributed by atoms with E-state index in [4.69, 9.17) is 4.74 Å². The van der Waals surface area contributed by atoms with Crippen molar-refractivity contribution >= 4 is 28.6 Å². The van der Waals surface area contributed by atoms with Gasteiger partial charge in [-0.25, -0.2) is 0 Å². The van der Waals surface area contributed by atoms with E-state index in [1.165, 1.54) is 0 Å². The van der Waals surface area contributed by atoms with Crippen LogP contribution in [-0.4, -0.2) is 72.5 Å². The Morgan fingerprint density at radius 1 is 1.24 bits per heavy atom. The first-order valence-electron chi connectivity index (χ1n) is 13.5. The smallest absolute Gasteiger partial charge is 0.268 e. The number of aromatic amines is 1. The number of H-pyrrole nitrogens is 1. The molecule has 10 nitrogen and oxygen atoms in total. The van der Waals surface area contributed by atoms with Crippen LogP contribution >= 0.6 is 0 Å². The number of fused-ring (bicyclic) bond motifs is 1. The number of benzene rings is 1. The second kappa shape index (κ2) is 12.3. The Morgan fingerprint density at radius 3 is 2.63 bits per heavy atom. The normalized spacial score (nSPS) is 20.1. The number of hydrogen-bond donors (Lipinski definition) is 4. The third-order valence-electron chi connectivity index (χ3n) is 7.49. The van der Waals surface area contributed by atoms with Crippen molar-refractivity contribution in [1.82, 2.24) is 25.8 Å². The van der Waals surface area contributed by atoms with E-state index >= 15 is 0 Å². The molecule has 2 aromatic rings. The first-order valence-corrected chi connectivity index (χ1v) is 13.5. The second-order valence-corrected chi connectivity index (χ2v) is 10.7. The lowest BCUT2D eigenvalue weighted by molar-refractivity contribution is -0.126. The van der Waals surface area contributed by atoms with Crippen LogP contribution < -0.4 is 20.7 Å². The number of aromatic nitrogens is 1. The minimum absolute atomic E-state index is 0.0383. The van der Waals surface area contributed by atoms with Crippen LogP contribution in [0.3, 0.4) is 0 Å². The summed E-state index contributed by atoms with van der Waals surface area (Å²) in [5.74, 6) is -0.242. The molecule has 2 aliphatic rings. The van der Waals surface area contributed by atoms with Gasteiger partial charge in [-0.3, -0.25) is 19.3 Å². The van der Waals surface area contributed by atoms with E-state index in [1.807, 2.05) is 32.0 Å². The second-order valence-electron chi connectivity index (χ2n) is 10.7. The van der Waals surface area contributed by atoms with Gasteiger partial charge in [0.2, 0.25) is 11.8 Å². The monoisotopic (exact) mass is 522 g/mol. The predicted octanol–water partition coefficient (Wildman–Crippen LogP) is 2.32. The Labute approximate surface area is 223 Å². The first-order chi connectivity index (χ1) is 18.3. The van der Waals surface area contributed by atoms with Gasteiger partial charge in [-0.05, 0) is 69.3 Å². The number of rotatable bonds is 11. The van der Waals surface area contributed by atoms with Gasteiger partial charge in [-0.15, -0.1) is 0 Å². The lowest BCUT2D eigenvalue weighted by atomic mass is 9.92. The lowest BCUT2D eigenvalue weighted by Gasteiger charge is -2.32. The molecule has 4 unspecified atom stereocenters. The molecule has 0 radical (unpaired) electrons. The number of nitrogens with one attached hydrogen (secondary N) is 4. The lowest BCUT2D eigenvalue weighted by Crippen LogP contribution is -2.56. The SMILES string of the molecule is COc1cccc2[nH]c(C(=O)NC(CC(C)C)C(=O)NC(CC3CCNC3=O)C(C#N)N3CCCC3)cc12. The van der Waals surface area contributed by atoms with Gasteiger partial charge in [-0.1, -0.05) is 19.9 Å². The summed E-state index contributed by atoms with van der Waals surface area (Å²) in [5.41, 5.74) is 1.09. The maximum atomic E-state index is 13.6. The molecule has 10 heteroatoms. The van der Waals surface area contributed by atoms with E-state index in [0.29, 0.717) is 37.3 Å². The van der Waals surface area contributed by atoms with Crippen LogP contribution in [0.4, 0.5) is 0 Å². The van der Waals surface area contributed by atoms with Gasteiger partial charge in [0, 0.05) is 23.4 Å². The van der Waals surface area contributed by atoms with Gasteiger partial charge in [0.05, 0.1) is 19.2 Å². The largest absolute Gasteiger partial charge is 0.496 e. The highest BCUT2D eigenvalue weighted by Gasteiger charge is 2.37. The van der Waals surface area contributed by atoms with Gasteiger partial charge in [0.1, 0.15) is 23.5 Å². The van der Waals surface area contributed by atoms with E-state index in [-0.39, 0.29) is 23.7 Å². The van der Waals surface area contributed by atoms with E-state index in [0.717, 1.165) is 36.8 Å². The molecule has 4 rings (SSSR count). The van der Waals surface area contributed by atoms with Crippen molar-refractivity contribution in [3.05, 3.63) is 30.0 Å². The Kier molecular flexibility index (Phi) is 8.89. The van der Waals surface area contributed by atoms with Crippen LogP contribution in [-0.2, 0) is 9.59 Å². The standard InChI is InChI=1S/C28H38N6O4/c1-17(2)13-22(33-28(37)23-15-19-20(31-23)7-6-8-25(19)38-3)27(36)32-21(14-18-9-10-30-26(18)35)24(16-29)34-11-4-5-12-34/h6-8,15,17-18,21-22,24,31H,4-5,9-14H2,1-3H3,(H,30,35)(H,32,36)(H,33,37). The number of carbonyl (C=O) groups excluding carboxylic acids is 3. The van der Waals surface area contributed by atoms with Gasteiger partial charge in [-0.2, -0.15) is 5.26 Å². The summed E-state index contributed by atoms with van der Waals surface area (Å²) in [6, 6.07) is 7.76. The highest BCUT2D eigenvalue weighted by atomic mass is 16.5. The summed E-state index contributed by atoms with van der Waals surface area (Å²) in [5, 5.41) is 19.7. The number of ether oxygens (including phenoxy) is 1. The zero-order valence-corrected chi connectivity index (χ0v) is 22.4. The van der Waals surface area contributed by atoms with Crippen molar-refractivity contribution < 1.29 is 19.1 Å². The van der Waals surface area contributed by atoms with Crippen molar-refractivity contribution in [1.29, 1.82) is 5.26 Å². The first kappa shape index (κ1) is 27.5. The van der Waals surface area contributed by atoms with Crippen molar-refractivity contribution in [2.45, 2.75) is 64.1 Å². The van der Waals surface area contributed by atoms with E-state index in [9.17, 15) is 19.6 Å². The fourth-order valence-corrected chi connectivity index (χ4v) is 5.54. The summed E-state index contributed by atoms with van der Waals surface area (Å²) in [6.45, 7) is 6.16.